The maximum absolute atomic E-state index is 6.03. The van der Waals surface area contributed by atoms with Crippen LogP contribution in [0.4, 0.5) is 5.95 Å². The standard InChI is InChI=1S/C16H21ClN4O2S2/c17-14-4-3-13(25-14)11-24-16-19-18-15(20-5-8-22-9-6-20)21(16)10-12-2-1-7-23-12/h3-4,12H,1-2,5-11H2. The van der Waals surface area contributed by atoms with Crippen LogP contribution < -0.4 is 4.90 Å². The Hall–Kier alpha value is -0.800. The Balaban J connectivity index is 1.52. The van der Waals surface area contributed by atoms with Crippen LogP contribution in [0.25, 0.3) is 0 Å². The predicted octanol–water partition coefficient (Wildman–Crippen LogP) is 3.30. The SMILES string of the molecule is Clc1ccc(CSc2nnc(N3CCOCC3)n2CC2CCCO2)s1. The maximum atomic E-state index is 6.03. The summed E-state index contributed by atoms with van der Waals surface area (Å²) < 4.78 is 14.4. The van der Waals surface area contributed by atoms with Crippen LogP contribution in [0.5, 0.6) is 0 Å². The lowest BCUT2D eigenvalue weighted by atomic mass is 10.2. The van der Waals surface area contributed by atoms with Gasteiger partial charge in [-0.2, -0.15) is 0 Å². The van der Waals surface area contributed by atoms with Crippen LogP contribution in [-0.4, -0.2) is 53.8 Å². The van der Waals surface area contributed by atoms with Gasteiger partial charge in [0.05, 0.1) is 30.2 Å². The summed E-state index contributed by atoms with van der Waals surface area (Å²) in [6, 6.07) is 4.02. The molecular weight excluding hydrogens is 380 g/mol. The number of thiophene rings is 1. The highest BCUT2D eigenvalue weighted by atomic mass is 35.5. The lowest BCUT2D eigenvalue weighted by molar-refractivity contribution is 0.0942. The maximum Gasteiger partial charge on any atom is 0.228 e. The van der Waals surface area contributed by atoms with Crippen LogP contribution in [0.15, 0.2) is 17.3 Å². The van der Waals surface area contributed by atoms with Gasteiger partial charge in [0.15, 0.2) is 5.16 Å². The van der Waals surface area contributed by atoms with E-state index in [4.69, 9.17) is 21.1 Å². The van der Waals surface area contributed by atoms with Gasteiger partial charge in [-0.15, -0.1) is 21.5 Å². The zero-order valence-corrected chi connectivity index (χ0v) is 16.3. The van der Waals surface area contributed by atoms with Crippen molar-refractivity contribution < 1.29 is 9.47 Å². The molecule has 0 radical (unpaired) electrons. The summed E-state index contributed by atoms with van der Waals surface area (Å²) in [7, 11) is 0. The van der Waals surface area contributed by atoms with Gasteiger partial charge in [0, 0.05) is 30.3 Å². The van der Waals surface area contributed by atoms with E-state index in [-0.39, 0.29) is 6.10 Å². The van der Waals surface area contributed by atoms with Crippen LogP contribution in [-0.2, 0) is 21.8 Å². The first kappa shape index (κ1) is 17.6. The number of nitrogens with zero attached hydrogens (tertiary/aromatic N) is 4. The van der Waals surface area contributed by atoms with E-state index in [1.54, 1.807) is 23.1 Å². The molecule has 2 aliphatic heterocycles. The molecule has 0 spiro atoms. The third kappa shape index (κ3) is 4.31. The van der Waals surface area contributed by atoms with E-state index >= 15 is 0 Å². The van der Waals surface area contributed by atoms with Gasteiger partial charge in [-0.1, -0.05) is 23.4 Å². The Bertz CT molecular complexity index is 696. The van der Waals surface area contributed by atoms with Crippen LogP contribution in [0, 0.1) is 0 Å². The van der Waals surface area contributed by atoms with Gasteiger partial charge in [0.25, 0.3) is 0 Å². The van der Waals surface area contributed by atoms with Gasteiger partial charge < -0.3 is 14.4 Å². The number of aromatic nitrogens is 3. The lowest BCUT2D eigenvalue weighted by Crippen LogP contribution is -2.38. The van der Waals surface area contributed by atoms with E-state index in [1.165, 1.54) is 4.88 Å². The molecule has 25 heavy (non-hydrogen) atoms. The van der Waals surface area contributed by atoms with Crippen molar-refractivity contribution in [2.24, 2.45) is 0 Å². The molecule has 0 bridgehead atoms. The van der Waals surface area contributed by atoms with Gasteiger partial charge in [-0.05, 0) is 25.0 Å². The second kappa shape index (κ2) is 8.26. The molecule has 0 N–H and O–H groups in total. The molecule has 2 fully saturated rings. The molecule has 0 aliphatic carbocycles. The molecule has 4 heterocycles. The third-order valence-corrected chi connectivity index (χ3v) is 6.80. The Morgan fingerprint density at radius 2 is 2.12 bits per heavy atom. The molecule has 9 heteroatoms. The van der Waals surface area contributed by atoms with E-state index < -0.39 is 0 Å². The van der Waals surface area contributed by atoms with E-state index in [0.29, 0.717) is 0 Å². The summed E-state index contributed by atoms with van der Waals surface area (Å²) >= 11 is 9.36. The Morgan fingerprint density at radius 1 is 1.24 bits per heavy atom. The van der Waals surface area contributed by atoms with Crippen molar-refractivity contribution in [3.8, 4) is 0 Å². The first-order chi connectivity index (χ1) is 12.3. The summed E-state index contributed by atoms with van der Waals surface area (Å²) in [6.07, 6.45) is 2.49. The minimum absolute atomic E-state index is 0.256. The van der Waals surface area contributed by atoms with Gasteiger partial charge in [-0.25, -0.2) is 0 Å². The number of morpholine rings is 1. The van der Waals surface area contributed by atoms with Gasteiger partial charge in [-0.3, -0.25) is 4.57 Å². The molecule has 6 nitrogen and oxygen atoms in total. The Labute approximate surface area is 160 Å². The Morgan fingerprint density at radius 3 is 2.84 bits per heavy atom. The van der Waals surface area contributed by atoms with E-state index in [1.807, 2.05) is 6.07 Å². The minimum atomic E-state index is 0.256. The van der Waals surface area contributed by atoms with Gasteiger partial charge in [0.2, 0.25) is 5.95 Å². The zero-order chi connectivity index (χ0) is 17.1. The smallest absolute Gasteiger partial charge is 0.228 e. The number of hydrogen-bond donors (Lipinski definition) is 0. The molecule has 1 unspecified atom stereocenters. The molecule has 136 valence electrons. The fourth-order valence-corrected chi connectivity index (χ4v) is 5.18. The monoisotopic (exact) mass is 400 g/mol. The van der Waals surface area contributed by atoms with Crippen LogP contribution in [0.1, 0.15) is 17.7 Å². The zero-order valence-electron chi connectivity index (χ0n) is 13.9. The summed E-state index contributed by atoms with van der Waals surface area (Å²) in [6.45, 7) is 4.86. The molecular formula is C16H21ClN4O2S2. The summed E-state index contributed by atoms with van der Waals surface area (Å²) in [5, 5.41) is 9.89. The summed E-state index contributed by atoms with van der Waals surface area (Å²) in [4.78, 5) is 3.51. The molecule has 2 aliphatic rings. The average molecular weight is 401 g/mol. The van der Waals surface area contributed by atoms with Gasteiger partial charge >= 0.3 is 0 Å². The summed E-state index contributed by atoms with van der Waals surface area (Å²) in [5.74, 6) is 1.79. The summed E-state index contributed by atoms with van der Waals surface area (Å²) in [5.41, 5.74) is 0. The normalized spacial score (nSPS) is 21.2. The molecule has 2 aromatic heterocycles. The number of halogens is 1. The third-order valence-electron chi connectivity index (χ3n) is 4.37. The number of anilines is 1. The minimum Gasteiger partial charge on any atom is -0.378 e. The molecule has 0 amide bonds. The number of rotatable bonds is 6. The number of thioether (sulfide) groups is 1. The average Bonchev–Trinajstić information content (AvgIpc) is 3.36. The van der Waals surface area contributed by atoms with Crippen molar-refractivity contribution in [3.63, 3.8) is 0 Å². The van der Waals surface area contributed by atoms with Crippen molar-refractivity contribution in [2.45, 2.75) is 36.4 Å². The molecule has 1 atom stereocenters. The van der Waals surface area contributed by atoms with Crippen LogP contribution in [0.2, 0.25) is 4.34 Å². The second-order valence-electron chi connectivity index (χ2n) is 6.12. The number of hydrogen-bond acceptors (Lipinski definition) is 7. The van der Waals surface area contributed by atoms with Crippen molar-refractivity contribution >= 4 is 40.6 Å². The molecule has 0 saturated carbocycles. The van der Waals surface area contributed by atoms with Crippen molar-refractivity contribution in [1.82, 2.24) is 14.8 Å². The second-order valence-corrected chi connectivity index (χ2v) is 8.86. The van der Waals surface area contributed by atoms with Crippen molar-refractivity contribution in [1.29, 1.82) is 0 Å². The molecule has 4 rings (SSSR count). The van der Waals surface area contributed by atoms with E-state index in [2.05, 4.69) is 25.7 Å². The Kier molecular flexibility index (Phi) is 5.82. The highest BCUT2D eigenvalue weighted by Gasteiger charge is 2.24. The molecule has 0 aromatic carbocycles. The van der Waals surface area contributed by atoms with E-state index in [9.17, 15) is 0 Å². The van der Waals surface area contributed by atoms with Crippen LogP contribution >= 0.6 is 34.7 Å². The predicted molar refractivity (Wildman–Crippen MR) is 101 cm³/mol. The van der Waals surface area contributed by atoms with Crippen LogP contribution in [0.3, 0.4) is 0 Å². The largest absolute Gasteiger partial charge is 0.378 e. The lowest BCUT2D eigenvalue weighted by Gasteiger charge is -2.28. The quantitative estimate of drug-likeness (QED) is 0.693. The van der Waals surface area contributed by atoms with E-state index in [0.717, 1.165) is 73.5 Å². The molecule has 2 aromatic rings. The highest BCUT2D eigenvalue weighted by molar-refractivity contribution is 7.98. The van der Waals surface area contributed by atoms with Gasteiger partial charge in [0.1, 0.15) is 0 Å². The number of ether oxygens (including phenoxy) is 2. The fraction of sp³-hybridized carbons (Fsp3) is 0.625. The first-order valence-corrected chi connectivity index (χ1v) is 10.7. The van der Waals surface area contributed by atoms with Crippen molar-refractivity contribution in [3.05, 3.63) is 21.3 Å². The molecule has 2 saturated heterocycles. The topological polar surface area (TPSA) is 52.4 Å². The highest BCUT2D eigenvalue weighted by Crippen LogP contribution is 2.31. The fourth-order valence-electron chi connectivity index (χ4n) is 3.10. The first-order valence-electron chi connectivity index (χ1n) is 8.54. The van der Waals surface area contributed by atoms with Crippen molar-refractivity contribution in [2.75, 3.05) is 37.8 Å².